The fourth-order valence-corrected chi connectivity index (χ4v) is 2.44. The van der Waals surface area contributed by atoms with Crippen molar-refractivity contribution in [3.63, 3.8) is 0 Å². The Hall–Kier alpha value is -3.55. The van der Waals surface area contributed by atoms with Crippen LogP contribution in [0.15, 0.2) is 48.5 Å². The minimum absolute atomic E-state index is 0.0102. The number of amides is 2. The van der Waals surface area contributed by atoms with Gasteiger partial charge in [-0.3, -0.25) is 14.4 Å². The molecule has 8 heteroatoms. The Morgan fingerprint density at radius 2 is 1.40 bits per heavy atom. The van der Waals surface area contributed by atoms with Crippen LogP contribution in [0.4, 0.5) is 11.4 Å². The molecule has 0 aliphatic heterocycles. The molecule has 1 atom stereocenters. The van der Waals surface area contributed by atoms with Crippen LogP contribution in [0.1, 0.15) is 27.2 Å². The highest BCUT2D eigenvalue weighted by molar-refractivity contribution is 5.95. The predicted octanol–water partition coefficient (Wildman–Crippen LogP) is 3.38. The van der Waals surface area contributed by atoms with Gasteiger partial charge in [0.2, 0.25) is 5.91 Å². The van der Waals surface area contributed by atoms with Crippen molar-refractivity contribution >= 4 is 29.2 Å². The fourth-order valence-electron chi connectivity index (χ4n) is 2.44. The van der Waals surface area contributed by atoms with Gasteiger partial charge >= 0.3 is 5.97 Å². The molecule has 8 nitrogen and oxygen atoms in total. The summed E-state index contributed by atoms with van der Waals surface area (Å²) < 4.78 is 16.0. The van der Waals surface area contributed by atoms with Crippen molar-refractivity contribution < 1.29 is 28.6 Å². The number of nitrogens with one attached hydrogen (secondary N) is 2. The Morgan fingerprint density at radius 1 is 0.867 bits per heavy atom. The van der Waals surface area contributed by atoms with E-state index in [-0.39, 0.29) is 18.9 Å². The molecule has 2 rings (SSSR count). The van der Waals surface area contributed by atoms with E-state index in [0.29, 0.717) is 23.7 Å². The second-order valence-corrected chi connectivity index (χ2v) is 6.38. The predicted molar refractivity (Wildman–Crippen MR) is 113 cm³/mol. The van der Waals surface area contributed by atoms with Gasteiger partial charge in [0.15, 0.2) is 6.10 Å². The van der Waals surface area contributed by atoms with E-state index in [1.165, 1.54) is 13.8 Å². The van der Waals surface area contributed by atoms with E-state index in [1.54, 1.807) is 48.5 Å². The monoisotopic (exact) mass is 414 g/mol. The number of carbonyl (C=O) groups excluding carboxylic acids is 3. The second kappa shape index (κ2) is 11.5. The smallest absolute Gasteiger partial charge is 0.310 e. The Balaban J connectivity index is 1.72. The maximum atomic E-state index is 12.2. The van der Waals surface area contributed by atoms with Crippen molar-refractivity contribution in [2.75, 3.05) is 23.8 Å². The number of benzene rings is 2. The van der Waals surface area contributed by atoms with Crippen LogP contribution in [0.5, 0.6) is 11.5 Å². The highest BCUT2D eigenvalue weighted by atomic mass is 16.5. The van der Waals surface area contributed by atoms with Gasteiger partial charge in [-0.2, -0.15) is 0 Å². The summed E-state index contributed by atoms with van der Waals surface area (Å²) in [6.45, 7) is 5.52. The van der Waals surface area contributed by atoms with E-state index >= 15 is 0 Å². The zero-order valence-electron chi connectivity index (χ0n) is 17.3. The maximum absolute atomic E-state index is 12.2. The highest BCUT2D eigenvalue weighted by Gasteiger charge is 2.18. The molecule has 1 unspecified atom stereocenters. The van der Waals surface area contributed by atoms with Crippen LogP contribution in [-0.4, -0.2) is 37.1 Å². The van der Waals surface area contributed by atoms with Gasteiger partial charge in [-0.05, 0) is 62.4 Å². The summed E-state index contributed by atoms with van der Waals surface area (Å²) >= 11 is 0. The van der Waals surface area contributed by atoms with Crippen LogP contribution in [-0.2, 0) is 19.1 Å². The molecule has 0 fully saturated rings. The summed E-state index contributed by atoms with van der Waals surface area (Å²) in [7, 11) is 0. The van der Waals surface area contributed by atoms with E-state index < -0.39 is 18.0 Å². The first kappa shape index (κ1) is 22.7. The third-order valence-corrected chi connectivity index (χ3v) is 3.86. The molecule has 0 saturated carbocycles. The number of hydrogen-bond acceptors (Lipinski definition) is 6. The van der Waals surface area contributed by atoms with E-state index in [0.717, 1.165) is 5.75 Å². The van der Waals surface area contributed by atoms with E-state index in [2.05, 4.69) is 10.6 Å². The highest BCUT2D eigenvalue weighted by Crippen LogP contribution is 2.18. The van der Waals surface area contributed by atoms with E-state index in [1.807, 2.05) is 6.92 Å². The number of rotatable bonds is 10. The third kappa shape index (κ3) is 7.83. The molecule has 0 bridgehead atoms. The summed E-state index contributed by atoms with van der Waals surface area (Å²) in [5.41, 5.74) is 1.14. The van der Waals surface area contributed by atoms with E-state index in [4.69, 9.17) is 14.2 Å². The molecular weight excluding hydrogens is 388 g/mol. The SMILES string of the molecule is CCOc1ccc(OCCC(=O)OC(C)C(=O)Nc2ccc(NC(C)=O)cc2)cc1. The zero-order chi connectivity index (χ0) is 21.9. The standard InChI is InChI=1S/C22H26N2O6/c1-4-28-19-9-11-20(12-10-19)29-14-13-21(26)30-15(2)22(27)24-18-7-5-17(6-8-18)23-16(3)25/h5-12,15H,4,13-14H2,1-3H3,(H,23,25)(H,24,27). The number of esters is 1. The molecule has 2 N–H and O–H groups in total. The molecule has 0 aromatic heterocycles. The molecule has 0 aliphatic carbocycles. The summed E-state index contributed by atoms with van der Waals surface area (Å²) in [5, 5.41) is 5.29. The van der Waals surface area contributed by atoms with Crippen molar-refractivity contribution in [2.24, 2.45) is 0 Å². The summed E-state index contributed by atoms with van der Waals surface area (Å²) in [4.78, 5) is 35.2. The molecule has 2 amide bonds. The van der Waals surface area contributed by atoms with Gasteiger partial charge in [-0.25, -0.2) is 0 Å². The topological polar surface area (TPSA) is 103 Å². The second-order valence-electron chi connectivity index (χ2n) is 6.38. The van der Waals surface area contributed by atoms with Crippen LogP contribution < -0.4 is 20.1 Å². The van der Waals surface area contributed by atoms with Crippen LogP contribution in [0.3, 0.4) is 0 Å². The molecule has 2 aromatic carbocycles. The lowest BCUT2D eigenvalue weighted by Crippen LogP contribution is -2.30. The lowest BCUT2D eigenvalue weighted by molar-refractivity contribution is -0.153. The molecule has 0 heterocycles. The van der Waals surface area contributed by atoms with Gasteiger partial charge in [-0.1, -0.05) is 0 Å². The molecule has 0 aliphatic rings. The summed E-state index contributed by atoms with van der Waals surface area (Å²) in [5.74, 6) is 0.181. The van der Waals surface area contributed by atoms with Gasteiger partial charge < -0.3 is 24.8 Å². The number of hydrogen-bond donors (Lipinski definition) is 2. The van der Waals surface area contributed by atoms with Crippen LogP contribution in [0.25, 0.3) is 0 Å². The fraction of sp³-hybridized carbons (Fsp3) is 0.318. The minimum atomic E-state index is -0.960. The van der Waals surface area contributed by atoms with Crippen molar-refractivity contribution in [3.8, 4) is 11.5 Å². The van der Waals surface area contributed by atoms with Gasteiger partial charge in [0.1, 0.15) is 11.5 Å². The first-order chi connectivity index (χ1) is 14.4. The van der Waals surface area contributed by atoms with E-state index in [9.17, 15) is 14.4 Å². The van der Waals surface area contributed by atoms with Crippen molar-refractivity contribution in [3.05, 3.63) is 48.5 Å². The molecule has 2 aromatic rings. The number of anilines is 2. The largest absolute Gasteiger partial charge is 0.494 e. The summed E-state index contributed by atoms with van der Waals surface area (Å²) in [6.07, 6.45) is -0.950. The molecule has 160 valence electrons. The zero-order valence-corrected chi connectivity index (χ0v) is 17.3. The minimum Gasteiger partial charge on any atom is -0.494 e. The average Bonchev–Trinajstić information content (AvgIpc) is 2.70. The maximum Gasteiger partial charge on any atom is 0.310 e. The van der Waals surface area contributed by atoms with Crippen molar-refractivity contribution in [1.82, 2.24) is 0 Å². The normalized spacial score (nSPS) is 11.2. The third-order valence-electron chi connectivity index (χ3n) is 3.86. The molecule has 0 radical (unpaired) electrons. The Bertz CT molecular complexity index is 849. The van der Waals surface area contributed by atoms with Gasteiger partial charge in [-0.15, -0.1) is 0 Å². The molecule has 0 saturated heterocycles. The van der Waals surface area contributed by atoms with Gasteiger partial charge in [0.25, 0.3) is 5.91 Å². The van der Waals surface area contributed by atoms with Crippen LogP contribution in [0.2, 0.25) is 0 Å². The van der Waals surface area contributed by atoms with Crippen molar-refractivity contribution in [1.29, 1.82) is 0 Å². The van der Waals surface area contributed by atoms with Crippen LogP contribution in [0, 0.1) is 0 Å². The molecule has 30 heavy (non-hydrogen) atoms. The Morgan fingerprint density at radius 3 is 1.93 bits per heavy atom. The first-order valence-corrected chi connectivity index (χ1v) is 9.61. The lowest BCUT2D eigenvalue weighted by atomic mass is 10.2. The van der Waals surface area contributed by atoms with Gasteiger partial charge in [0, 0.05) is 18.3 Å². The Labute approximate surface area is 175 Å². The summed E-state index contributed by atoms with van der Waals surface area (Å²) in [6, 6.07) is 13.7. The van der Waals surface area contributed by atoms with Crippen molar-refractivity contribution in [2.45, 2.75) is 33.3 Å². The first-order valence-electron chi connectivity index (χ1n) is 9.61. The quantitative estimate of drug-likeness (QED) is 0.578. The Kier molecular flexibility index (Phi) is 8.68. The number of carbonyl (C=O) groups is 3. The van der Waals surface area contributed by atoms with Crippen LogP contribution >= 0.6 is 0 Å². The van der Waals surface area contributed by atoms with Gasteiger partial charge in [0.05, 0.1) is 19.6 Å². The lowest BCUT2D eigenvalue weighted by Gasteiger charge is -2.14. The number of ether oxygens (including phenoxy) is 3. The molecular formula is C22H26N2O6. The molecule has 0 spiro atoms. The average molecular weight is 414 g/mol.